The maximum absolute atomic E-state index is 12.9. The van der Waals surface area contributed by atoms with Crippen LogP contribution in [0.2, 0.25) is 0 Å². The molecule has 12 heavy (non-hydrogen) atoms. The van der Waals surface area contributed by atoms with Gasteiger partial charge in [0, 0.05) is 0 Å². The Hall–Kier alpha value is -1.19. The van der Waals surface area contributed by atoms with Gasteiger partial charge in [0.1, 0.15) is 0 Å². The van der Waals surface area contributed by atoms with Crippen molar-refractivity contribution in [2.45, 2.75) is 20.3 Å². The Morgan fingerprint density at radius 1 is 1.58 bits per heavy atom. The fourth-order valence-electron chi connectivity index (χ4n) is 0.948. The van der Waals surface area contributed by atoms with Gasteiger partial charge in [0.2, 0.25) is 5.95 Å². The van der Waals surface area contributed by atoms with Crippen molar-refractivity contribution in [2.75, 3.05) is 5.73 Å². The average Bonchev–Trinajstić information content (AvgIpc) is 1.96. The van der Waals surface area contributed by atoms with Crippen LogP contribution in [0.1, 0.15) is 19.5 Å². The highest BCUT2D eigenvalue weighted by molar-refractivity contribution is 5.18. The highest BCUT2D eigenvalue weighted by Gasteiger charge is 2.06. The minimum atomic E-state index is -0.377. The number of halogens is 1. The van der Waals surface area contributed by atoms with Crippen LogP contribution < -0.4 is 5.73 Å². The molecule has 1 heterocycles. The predicted molar refractivity (Wildman–Crippen MR) is 44.9 cm³/mol. The summed E-state index contributed by atoms with van der Waals surface area (Å²) in [5, 5.41) is 0. The van der Waals surface area contributed by atoms with Crippen molar-refractivity contribution in [3.05, 3.63) is 17.7 Å². The Kier molecular flexibility index (Phi) is 2.58. The highest BCUT2D eigenvalue weighted by Crippen LogP contribution is 2.09. The van der Waals surface area contributed by atoms with Gasteiger partial charge in [-0.25, -0.2) is 14.4 Å². The lowest BCUT2D eigenvalue weighted by Gasteiger charge is -2.04. The summed E-state index contributed by atoms with van der Waals surface area (Å²) in [7, 11) is 0. The minimum absolute atomic E-state index is 0.132. The number of hydrogen-bond donors (Lipinski definition) is 1. The number of nitrogen functional groups attached to an aromatic ring is 1. The second kappa shape index (κ2) is 3.47. The van der Waals surface area contributed by atoms with Crippen LogP contribution in [0.15, 0.2) is 6.20 Å². The molecule has 0 amide bonds. The van der Waals surface area contributed by atoms with E-state index >= 15 is 0 Å². The molecule has 0 radical (unpaired) electrons. The van der Waals surface area contributed by atoms with E-state index < -0.39 is 0 Å². The lowest BCUT2D eigenvalue weighted by Crippen LogP contribution is -2.05. The van der Waals surface area contributed by atoms with Gasteiger partial charge in [0.15, 0.2) is 5.82 Å². The molecule has 3 nitrogen and oxygen atoms in total. The van der Waals surface area contributed by atoms with Crippen LogP contribution in [0, 0.1) is 11.7 Å². The zero-order chi connectivity index (χ0) is 9.14. The van der Waals surface area contributed by atoms with Crippen LogP contribution in [0.5, 0.6) is 0 Å². The summed E-state index contributed by atoms with van der Waals surface area (Å²) in [4.78, 5) is 7.34. The third-order valence-electron chi connectivity index (χ3n) is 1.44. The van der Waals surface area contributed by atoms with Crippen LogP contribution in [-0.4, -0.2) is 9.97 Å². The average molecular weight is 169 g/mol. The number of aromatic nitrogens is 2. The summed E-state index contributed by atoms with van der Waals surface area (Å²) in [5.74, 6) is 0.124. The zero-order valence-corrected chi connectivity index (χ0v) is 7.21. The third-order valence-corrected chi connectivity index (χ3v) is 1.44. The van der Waals surface area contributed by atoms with Crippen LogP contribution >= 0.6 is 0 Å². The smallest absolute Gasteiger partial charge is 0.220 e. The standard InChI is InChI=1S/C8H12FN3/c1-5(2)3-7-6(9)4-11-8(10)12-7/h4-5H,3H2,1-2H3,(H2,10,11,12). The van der Waals surface area contributed by atoms with Crippen molar-refractivity contribution in [1.82, 2.24) is 9.97 Å². The van der Waals surface area contributed by atoms with Gasteiger partial charge in [-0.3, -0.25) is 0 Å². The first-order valence-corrected chi connectivity index (χ1v) is 3.86. The Balaban J connectivity index is 2.90. The molecular weight excluding hydrogens is 157 g/mol. The summed E-state index contributed by atoms with van der Waals surface area (Å²) >= 11 is 0. The molecule has 0 aromatic carbocycles. The van der Waals surface area contributed by atoms with Gasteiger partial charge in [-0.2, -0.15) is 0 Å². The molecule has 0 atom stereocenters. The van der Waals surface area contributed by atoms with Crippen LogP contribution in [-0.2, 0) is 6.42 Å². The monoisotopic (exact) mass is 169 g/mol. The maximum Gasteiger partial charge on any atom is 0.220 e. The second-order valence-electron chi connectivity index (χ2n) is 3.12. The van der Waals surface area contributed by atoms with E-state index in [0.29, 0.717) is 18.0 Å². The van der Waals surface area contributed by atoms with Crippen LogP contribution in [0.3, 0.4) is 0 Å². The summed E-state index contributed by atoms with van der Waals surface area (Å²) in [5.41, 5.74) is 5.71. The van der Waals surface area contributed by atoms with Gasteiger partial charge in [-0.15, -0.1) is 0 Å². The van der Waals surface area contributed by atoms with E-state index in [9.17, 15) is 4.39 Å². The Bertz CT molecular complexity index is 273. The minimum Gasteiger partial charge on any atom is -0.368 e. The van der Waals surface area contributed by atoms with E-state index in [1.165, 1.54) is 0 Å². The van der Waals surface area contributed by atoms with Gasteiger partial charge in [-0.05, 0) is 12.3 Å². The van der Waals surface area contributed by atoms with E-state index in [1.54, 1.807) is 0 Å². The molecule has 1 rings (SSSR count). The molecular formula is C8H12FN3. The van der Waals surface area contributed by atoms with E-state index in [4.69, 9.17) is 5.73 Å². The Morgan fingerprint density at radius 3 is 2.83 bits per heavy atom. The second-order valence-corrected chi connectivity index (χ2v) is 3.12. The van der Waals surface area contributed by atoms with E-state index in [2.05, 4.69) is 9.97 Å². The topological polar surface area (TPSA) is 51.8 Å². The number of nitrogens with zero attached hydrogens (tertiary/aromatic N) is 2. The summed E-state index contributed by atoms with van der Waals surface area (Å²) in [6, 6.07) is 0. The highest BCUT2D eigenvalue weighted by atomic mass is 19.1. The summed E-state index contributed by atoms with van der Waals surface area (Å²) in [6.45, 7) is 4.00. The largest absolute Gasteiger partial charge is 0.368 e. The molecule has 1 aromatic rings. The molecule has 0 spiro atoms. The van der Waals surface area contributed by atoms with Gasteiger partial charge < -0.3 is 5.73 Å². The fraction of sp³-hybridized carbons (Fsp3) is 0.500. The summed E-state index contributed by atoms with van der Waals surface area (Å²) in [6.07, 6.45) is 1.71. The van der Waals surface area contributed by atoms with Crippen molar-refractivity contribution in [2.24, 2.45) is 5.92 Å². The number of rotatable bonds is 2. The molecule has 0 bridgehead atoms. The van der Waals surface area contributed by atoms with Crippen molar-refractivity contribution < 1.29 is 4.39 Å². The zero-order valence-electron chi connectivity index (χ0n) is 7.21. The van der Waals surface area contributed by atoms with Gasteiger partial charge in [-0.1, -0.05) is 13.8 Å². The summed E-state index contributed by atoms with van der Waals surface area (Å²) < 4.78 is 12.9. The first-order chi connectivity index (χ1) is 5.59. The van der Waals surface area contributed by atoms with Crippen molar-refractivity contribution in [1.29, 1.82) is 0 Å². The SMILES string of the molecule is CC(C)Cc1nc(N)ncc1F. The predicted octanol–water partition coefficient (Wildman–Crippen LogP) is 1.40. The normalized spacial score (nSPS) is 10.7. The molecule has 0 unspecified atom stereocenters. The lowest BCUT2D eigenvalue weighted by molar-refractivity contribution is 0.555. The van der Waals surface area contributed by atoms with Gasteiger partial charge in [0.05, 0.1) is 11.9 Å². The molecule has 0 saturated heterocycles. The molecule has 0 aliphatic rings. The molecule has 2 N–H and O–H groups in total. The number of hydrogen-bond acceptors (Lipinski definition) is 3. The Morgan fingerprint density at radius 2 is 2.25 bits per heavy atom. The molecule has 1 aromatic heterocycles. The third kappa shape index (κ3) is 2.15. The molecule has 66 valence electrons. The van der Waals surface area contributed by atoms with Crippen LogP contribution in [0.25, 0.3) is 0 Å². The van der Waals surface area contributed by atoms with Crippen LogP contribution in [0.4, 0.5) is 10.3 Å². The van der Waals surface area contributed by atoms with E-state index in [0.717, 1.165) is 6.20 Å². The van der Waals surface area contributed by atoms with Crippen molar-refractivity contribution >= 4 is 5.95 Å². The van der Waals surface area contributed by atoms with Crippen molar-refractivity contribution in [3.63, 3.8) is 0 Å². The van der Waals surface area contributed by atoms with E-state index in [-0.39, 0.29) is 11.8 Å². The number of nitrogens with two attached hydrogens (primary N) is 1. The maximum atomic E-state index is 12.9. The van der Waals surface area contributed by atoms with Crippen molar-refractivity contribution in [3.8, 4) is 0 Å². The quantitative estimate of drug-likeness (QED) is 0.728. The Labute approximate surface area is 70.8 Å². The van der Waals surface area contributed by atoms with Gasteiger partial charge >= 0.3 is 0 Å². The molecule has 0 fully saturated rings. The molecule has 4 heteroatoms. The molecule has 0 aliphatic carbocycles. The molecule has 0 aliphatic heterocycles. The fourth-order valence-corrected chi connectivity index (χ4v) is 0.948. The first kappa shape index (κ1) is 8.90. The lowest BCUT2D eigenvalue weighted by atomic mass is 10.1. The number of anilines is 1. The first-order valence-electron chi connectivity index (χ1n) is 3.86. The van der Waals surface area contributed by atoms with Gasteiger partial charge in [0.25, 0.3) is 0 Å². The van der Waals surface area contributed by atoms with E-state index in [1.807, 2.05) is 13.8 Å². The molecule has 0 saturated carbocycles.